The number of carbonyl (C=O) groups excluding carboxylic acids is 2. The molecule has 9 nitrogen and oxygen atoms in total. The average molecular weight is 531 g/mol. The van der Waals surface area contributed by atoms with Crippen LogP contribution in [0, 0.1) is 26.2 Å². The lowest BCUT2D eigenvalue weighted by molar-refractivity contribution is -0.0967. The second kappa shape index (κ2) is 10.2. The van der Waals surface area contributed by atoms with E-state index in [0.29, 0.717) is 22.3 Å². The van der Waals surface area contributed by atoms with Crippen molar-refractivity contribution in [3.63, 3.8) is 0 Å². The number of aromatic nitrogens is 4. The largest absolute Gasteiger partial charge is 0.458 e. The zero-order valence-corrected chi connectivity index (χ0v) is 21.4. The van der Waals surface area contributed by atoms with E-state index in [9.17, 15) is 9.59 Å². The lowest BCUT2D eigenvalue weighted by atomic mass is 9.98. The van der Waals surface area contributed by atoms with Crippen LogP contribution < -0.4 is 0 Å². The number of aryl methyl sites for hydroxylation is 2. The molecule has 2 aromatic carbocycles. The minimum absolute atomic E-state index is 0.150. The van der Waals surface area contributed by atoms with Crippen molar-refractivity contribution >= 4 is 34.7 Å². The monoisotopic (exact) mass is 530 g/mol. The number of fused-ring (bicyclic) bond motifs is 1. The van der Waals surface area contributed by atoms with Gasteiger partial charge in [0.1, 0.15) is 24.7 Å². The Morgan fingerprint density at radius 3 is 2.32 bits per heavy atom. The molecule has 0 spiro atoms. The summed E-state index contributed by atoms with van der Waals surface area (Å²) in [6, 6.07) is 13.9. The lowest BCUT2D eigenvalue weighted by Gasteiger charge is -2.28. The van der Waals surface area contributed by atoms with Gasteiger partial charge in [-0.3, -0.25) is 4.57 Å². The molecule has 5 rings (SSSR count). The van der Waals surface area contributed by atoms with Crippen LogP contribution in [-0.4, -0.2) is 49.8 Å². The maximum Gasteiger partial charge on any atom is 0.338 e. The molecule has 0 radical (unpaired) electrons. The highest BCUT2D eigenvalue weighted by atomic mass is 35.5. The van der Waals surface area contributed by atoms with Gasteiger partial charge in [0, 0.05) is 6.42 Å². The molecule has 3 unspecified atom stereocenters. The van der Waals surface area contributed by atoms with Crippen LogP contribution in [-0.2, 0) is 14.2 Å². The Morgan fingerprint density at radius 2 is 1.68 bits per heavy atom. The third-order valence-corrected chi connectivity index (χ3v) is 6.67. The third-order valence-electron chi connectivity index (χ3n) is 6.39. The number of hydrogen-bond acceptors (Lipinski definition) is 8. The smallest absolute Gasteiger partial charge is 0.338 e. The first-order chi connectivity index (χ1) is 18.3. The highest BCUT2D eigenvalue weighted by Gasteiger charge is 2.52. The second-order valence-corrected chi connectivity index (χ2v) is 9.39. The molecule has 1 aliphatic heterocycles. The van der Waals surface area contributed by atoms with Crippen LogP contribution in [0.1, 0.15) is 44.5 Å². The molecule has 0 N–H and O–H groups in total. The van der Waals surface area contributed by atoms with E-state index in [-0.39, 0.29) is 18.2 Å². The summed E-state index contributed by atoms with van der Waals surface area (Å²) >= 11 is 6.16. The van der Waals surface area contributed by atoms with Crippen molar-refractivity contribution < 1.29 is 23.8 Å². The highest BCUT2D eigenvalue weighted by Crippen LogP contribution is 2.40. The van der Waals surface area contributed by atoms with Crippen molar-refractivity contribution in [1.82, 2.24) is 19.5 Å². The summed E-state index contributed by atoms with van der Waals surface area (Å²) in [6.45, 7) is 3.49. The fourth-order valence-corrected chi connectivity index (χ4v) is 4.39. The number of terminal acetylenes is 1. The molecule has 192 valence electrons. The van der Waals surface area contributed by atoms with Crippen LogP contribution in [0.2, 0.25) is 5.15 Å². The molecule has 3 atom stereocenters. The predicted molar refractivity (Wildman–Crippen MR) is 138 cm³/mol. The van der Waals surface area contributed by atoms with Gasteiger partial charge in [-0.05, 0) is 38.1 Å². The van der Waals surface area contributed by atoms with Crippen LogP contribution in [0.3, 0.4) is 0 Å². The number of imidazole rings is 1. The first kappa shape index (κ1) is 25.4. The summed E-state index contributed by atoms with van der Waals surface area (Å²) in [5, 5.41) is 0.185. The number of rotatable bonds is 6. The van der Waals surface area contributed by atoms with Gasteiger partial charge in [0.25, 0.3) is 0 Å². The second-order valence-electron chi connectivity index (χ2n) is 9.03. The van der Waals surface area contributed by atoms with E-state index < -0.39 is 29.9 Å². The quantitative estimate of drug-likeness (QED) is 0.204. The number of esters is 2. The van der Waals surface area contributed by atoms with E-state index in [4.69, 9.17) is 32.2 Å². The normalized spacial score (nSPS) is 20.7. The maximum absolute atomic E-state index is 13.0. The number of benzene rings is 2. The van der Waals surface area contributed by atoms with E-state index >= 15 is 0 Å². The zero-order chi connectivity index (χ0) is 26.9. The Hall–Kier alpha value is -4.26. The molecule has 0 amide bonds. The molecule has 0 aliphatic carbocycles. The minimum Gasteiger partial charge on any atom is -0.458 e. The average Bonchev–Trinajstić information content (AvgIpc) is 3.51. The first-order valence-electron chi connectivity index (χ1n) is 11.8. The Kier molecular flexibility index (Phi) is 6.85. The molecule has 0 saturated carbocycles. The lowest BCUT2D eigenvalue weighted by Crippen LogP contribution is -2.45. The van der Waals surface area contributed by atoms with Crippen molar-refractivity contribution in [3.05, 3.63) is 88.6 Å². The summed E-state index contributed by atoms with van der Waals surface area (Å²) in [5.41, 5.74) is 1.95. The van der Waals surface area contributed by atoms with E-state index in [1.54, 1.807) is 41.0 Å². The van der Waals surface area contributed by atoms with Gasteiger partial charge in [0.15, 0.2) is 16.9 Å². The molecule has 3 heterocycles. The van der Waals surface area contributed by atoms with Gasteiger partial charge in [-0.1, -0.05) is 52.9 Å². The van der Waals surface area contributed by atoms with Crippen LogP contribution in [0.5, 0.6) is 0 Å². The summed E-state index contributed by atoms with van der Waals surface area (Å²) in [5.74, 6) is 1.43. The van der Waals surface area contributed by atoms with E-state index in [1.807, 2.05) is 26.0 Å². The number of halogens is 1. The third kappa shape index (κ3) is 4.84. The Labute approximate surface area is 223 Å². The minimum atomic E-state index is -1.57. The molecule has 4 aromatic rings. The SMILES string of the molecule is C#CC1(COC(=O)c2ccc(C)cc2)OC(n2cnc3c(Cl)ncnc32)CC1OC(=O)c1ccc(C)cc1. The summed E-state index contributed by atoms with van der Waals surface area (Å²) < 4.78 is 19.4. The number of nitrogens with zero attached hydrogens (tertiary/aromatic N) is 4. The molecule has 1 saturated heterocycles. The number of ether oxygens (including phenoxy) is 3. The van der Waals surface area contributed by atoms with E-state index in [2.05, 4.69) is 20.9 Å². The van der Waals surface area contributed by atoms with Gasteiger partial charge in [-0.2, -0.15) is 0 Å². The van der Waals surface area contributed by atoms with Gasteiger partial charge in [0.2, 0.25) is 5.60 Å². The Bertz CT molecular complexity index is 1540. The number of hydrogen-bond donors (Lipinski definition) is 0. The Balaban J connectivity index is 1.44. The summed E-state index contributed by atoms with van der Waals surface area (Å²) in [6.07, 6.45) is 7.23. The summed E-state index contributed by atoms with van der Waals surface area (Å²) in [4.78, 5) is 38.3. The highest BCUT2D eigenvalue weighted by molar-refractivity contribution is 6.33. The van der Waals surface area contributed by atoms with Crippen LogP contribution >= 0.6 is 11.6 Å². The van der Waals surface area contributed by atoms with Crippen molar-refractivity contribution in [2.24, 2.45) is 0 Å². The Morgan fingerprint density at radius 1 is 1.05 bits per heavy atom. The number of carbonyl (C=O) groups is 2. The van der Waals surface area contributed by atoms with Gasteiger partial charge >= 0.3 is 11.9 Å². The van der Waals surface area contributed by atoms with Gasteiger partial charge in [0.05, 0.1) is 17.5 Å². The van der Waals surface area contributed by atoms with Crippen LogP contribution in [0.25, 0.3) is 11.2 Å². The van der Waals surface area contributed by atoms with Crippen molar-refractivity contribution in [3.8, 4) is 12.3 Å². The molecule has 0 bridgehead atoms. The van der Waals surface area contributed by atoms with Crippen LogP contribution in [0.4, 0.5) is 0 Å². The fourth-order valence-electron chi connectivity index (χ4n) is 4.22. The van der Waals surface area contributed by atoms with Crippen LogP contribution in [0.15, 0.2) is 61.2 Å². The first-order valence-corrected chi connectivity index (χ1v) is 12.2. The van der Waals surface area contributed by atoms with Gasteiger partial charge in [-0.25, -0.2) is 24.5 Å². The fraction of sp³-hybridized carbons (Fsp3) is 0.250. The molecule has 1 fully saturated rings. The van der Waals surface area contributed by atoms with Crippen molar-refractivity contribution in [2.75, 3.05) is 6.61 Å². The van der Waals surface area contributed by atoms with Crippen molar-refractivity contribution in [2.45, 2.75) is 38.2 Å². The van der Waals surface area contributed by atoms with Gasteiger partial charge in [-0.15, -0.1) is 6.42 Å². The standard InChI is InChI=1S/C28H23ClN4O5/c1-4-28(14-36-26(34)19-9-5-17(2)6-10-19)21(37-27(35)20-11-7-18(3)8-12-20)13-22(38-28)33-16-32-23-24(29)30-15-31-25(23)33/h1,5-12,15-16,21-22H,13-14H2,2-3H3. The molecule has 38 heavy (non-hydrogen) atoms. The molecule has 2 aromatic heterocycles. The molecule has 1 aliphatic rings. The van der Waals surface area contributed by atoms with E-state index in [0.717, 1.165) is 11.1 Å². The molecule has 10 heteroatoms. The maximum atomic E-state index is 13.0. The van der Waals surface area contributed by atoms with Gasteiger partial charge < -0.3 is 14.2 Å². The van der Waals surface area contributed by atoms with E-state index in [1.165, 1.54) is 12.7 Å². The summed E-state index contributed by atoms with van der Waals surface area (Å²) in [7, 11) is 0. The topological polar surface area (TPSA) is 105 Å². The molecular formula is C28H23ClN4O5. The predicted octanol–water partition coefficient (Wildman–Crippen LogP) is 4.47. The molecular weight excluding hydrogens is 508 g/mol. The van der Waals surface area contributed by atoms with Crippen molar-refractivity contribution in [1.29, 1.82) is 0 Å². The zero-order valence-electron chi connectivity index (χ0n) is 20.6.